The van der Waals surface area contributed by atoms with Gasteiger partial charge in [-0.25, -0.2) is 9.97 Å². The first kappa shape index (κ1) is 20.7. The topological polar surface area (TPSA) is 79.4 Å². The van der Waals surface area contributed by atoms with Gasteiger partial charge in [0, 0.05) is 37.8 Å². The van der Waals surface area contributed by atoms with Crippen molar-refractivity contribution in [3.05, 3.63) is 41.7 Å². The van der Waals surface area contributed by atoms with E-state index in [4.69, 9.17) is 0 Å². The number of nitrogens with one attached hydrogen (secondary N) is 2. The van der Waals surface area contributed by atoms with Gasteiger partial charge in [-0.1, -0.05) is 6.07 Å². The highest BCUT2D eigenvalue weighted by molar-refractivity contribution is 5.94. The van der Waals surface area contributed by atoms with Crippen LogP contribution in [0.3, 0.4) is 0 Å². The van der Waals surface area contributed by atoms with Crippen LogP contribution in [-0.2, 0) is 0 Å². The number of benzene rings is 1. The van der Waals surface area contributed by atoms with E-state index in [1.165, 1.54) is 12.1 Å². The van der Waals surface area contributed by atoms with Gasteiger partial charge in [0.2, 0.25) is 0 Å². The number of alkyl halides is 3. The summed E-state index contributed by atoms with van der Waals surface area (Å²) in [5.41, 5.74) is 0.0842. The number of nitrogens with zero attached hydrogens (tertiary/aromatic N) is 3. The standard InChI is InChI=1S/C19H22F3N5O2/c1-13-25-16(12-17(26-13)27-9-2-3-10-27)23-7-8-24-18(28)14-5-4-6-15(11-14)29-19(20,21)22/h4-6,11-12H,2-3,7-10H2,1H3,(H,24,28)(H,23,25,26). The number of amides is 1. The lowest BCUT2D eigenvalue weighted by molar-refractivity contribution is -0.274. The smallest absolute Gasteiger partial charge is 0.406 e. The van der Waals surface area contributed by atoms with E-state index in [1.54, 1.807) is 0 Å². The van der Waals surface area contributed by atoms with E-state index in [9.17, 15) is 18.0 Å². The molecule has 29 heavy (non-hydrogen) atoms. The summed E-state index contributed by atoms with van der Waals surface area (Å²) in [5, 5.41) is 5.78. The summed E-state index contributed by atoms with van der Waals surface area (Å²) in [6.45, 7) is 4.44. The van der Waals surface area contributed by atoms with Gasteiger partial charge in [-0.15, -0.1) is 13.2 Å². The summed E-state index contributed by atoms with van der Waals surface area (Å²) in [6, 6.07) is 6.81. The molecule has 1 fully saturated rings. The summed E-state index contributed by atoms with van der Waals surface area (Å²) >= 11 is 0. The van der Waals surface area contributed by atoms with E-state index in [2.05, 4.69) is 30.2 Å². The molecule has 1 amide bonds. The van der Waals surface area contributed by atoms with E-state index in [0.29, 0.717) is 18.2 Å². The molecule has 3 rings (SSSR count). The van der Waals surface area contributed by atoms with Gasteiger partial charge in [0.05, 0.1) is 0 Å². The van der Waals surface area contributed by atoms with Crippen LogP contribution in [0.5, 0.6) is 5.75 Å². The zero-order valence-electron chi connectivity index (χ0n) is 15.9. The van der Waals surface area contributed by atoms with E-state index in [1.807, 2.05) is 13.0 Å². The fourth-order valence-electron chi connectivity index (χ4n) is 3.05. The number of carbonyl (C=O) groups excluding carboxylic acids is 1. The van der Waals surface area contributed by atoms with Gasteiger partial charge < -0.3 is 20.3 Å². The predicted molar refractivity (Wildman–Crippen MR) is 102 cm³/mol. The Labute approximate surface area is 166 Å². The van der Waals surface area contributed by atoms with Gasteiger partial charge in [-0.2, -0.15) is 0 Å². The first-order chi connectivity index (χ1) is 13.8. The maximum Gasteiger partial charge on any atom is 0.573 e. The Morgan fingerprint density at radius 1 is 1.17 bits per heavy atom. The molecular formula is C19H22F3N5O2. The molecule has 2 aromatic rings. The molecule has 1 aromatic carbocycles. The molecule has 0 saturated carbocycles. The van der Waals surface area contributed by atoms with Gasteiger partial charge in [-0.05, 0) is 38.0 Å². The number of aryl methyl sites for hydroxylation is 1. The highest BCUT2D eigenvalue weighted by Gasteiger charge is 2.31. The molecule has 0 radical (unpaired) electrons. The molecule has 10 heteroatoms. The Bertz CT molecular complexity index is 854. The Morgan fingerprint density at radius 3 is 2.66 bits per heavy atom. The van der Waals surface area contributed by atoms with E-state index < -0.39 is 18.0 Å². The molecular weight excluding hydrogens is 387 g/mol. The Morgan fingerprint density at radius 2 is 1.93 bits per heavy atom. The number of aromatic nitrogens is 2. The quantitative estimate of drug-likeness (QED) is 0.684. The van der Waals surface area contributed by atoms with Crippen molar-refractivity contribution in [3.63, 3.8) is 0 Å². The summed E-state index contributed by atoms with van der Waals surface area (Å²) < 4.78 is 40.7. The summed E-state index contributed by atoms with van der Waals surface area (Å²) in [6.07, 6.45) is -2.51. The monoisotopic (exact) mass is 409 g/mol. The minimum atomic E-state index is -4.80. The van der Waals surface area contributed by atoms with Gasteiger partial charge >= 0.3 is 6.36 Å². The molecule has 156 valence electrons. The summed E-state index contributed by atoms with van der Waals surface area (Å²) in [7, 11) is 0. The van der Waals surface area contributed by atoms with Crippen molar-refractivity contribution in [1.82, 2.24) is 15.3 Å². The van der Waals surface area contributed by atoms with Crippen molar-refractivity contribution in [2.75, 3.05) is 36.4 Å². The summed E-state index contributed by atoms with van der Waals surface area (Å²) in [5.74, 6) is 1.27. The highest BCUT2D eigenvalue weighted by Crippen LogP contribution is 2.23. The largest absolute Gasteiger partial charge is 0.573 e. The Balaban J connectivity index is 1.50. The number of hydrogen-bond acceptors (Lipinski definition) is 6. The number of anilines is 2. The second kappa shape index (κ2) is 8.97. The average molecular weight is 409 g/mol. The molecule has 0 aliphatic carbocycles. The van der Waals surface area contributed by atoms with Crippen LogP contribution in [0.25, 0.3) is 0 Å². The van der Waals surface area contributed by atoms with Crippen molar-refractivity contribution in [3.8, 4) is 5.75 Å². The van der Waals surface area contributed by atoms with Crippen molar-refractivity contribution in [1.29, 1.82) is 0 Å². The van der Waals surface area contributed by atoms with Gasteiger partial charge in [0.25, 0.3) is 5.91 Å². The lowest BCUT2D eigenvalue weighted by Crippen LogP contribution is -2.29. The third kappa shape index (κ3) is 6.23. The van der Waals surface area contributed by atoms with Gasteiger partial charge in [-0.3, -0.25) is 4.79 Å². The third-order valence-corrected chi connectivity index (χ3v) is 4.30. The van der Waals surface area contributed by atoms with Crippen LogP contribution < -0.4 is 20.3 Å². The highest BCUT2D eigenvalue weighted by atomic mass is 19.4. The second-order valence-electron chi connectivity index (χ2n) is 6.61. The van der Waals surface area contributed by atoms with Crippen molar-refractivity contribution in [2.45, 2.75) is 26.1 Å². The zero-order valence-corrected chi connectivity index (χ0v) is 15.9. The lowest BCUT2D eigenvalue weighted by atomic mass is 10.2. The molecule has 0 spiro atoms. The fourth-order valence-corrected chi connectivity index (χ4v) is 3.05. The predicted octanol–water partition coefficient (Wildman–Crippen LogP) is 3.13. The van der Waals surface area contributed by atoms with Crippen LogP contribution in [-0.4, -0.2) is 48.4 Å². The van der Waals surface area contributed by atoms with E-state index in [-0.39, 0.29) is 12.1 Å². The van der Waals surface area contributed by atoms with E-state index in [0.717, 1.165) is 43.9 Å². The molecule has 1 saturated heterocycles. The number of carbonyl (C=O) groups is 1. The molecule has 0 unspecified atom stereocenters. The van der Waals surface area contributed by atoms with Crippen LogP contribution in [0, 0.1) is 6.92 Å². The normalized spacial score (nSPS) is 14.0. The van der Waals surface area contributed by atoms with Crippen LogP contribution in [0.4, 0.5) is 24.8 Å². The number of rotatable bonds is 7. The molecule has 1 aromatic heterocycles. The molecule has 0 atom stereocenters. The molecule has 2 N–H and O–H groups in total. The van der Waals surface area contributed by atoms with Crippen LogP contribution >= 0.6 is 0 Å². The Kier molecular flexibility index (Phi) is 6.40. The van der Waals surface area contributed by atoms with Crippen molar-refractivity contribution < 1.29 is 22.7 Å². The van der Waals surface area contributed by atoms with Gasteiger partial charge in [0.15, 0.2) is 0 Å². The van der Waals surface area contributed by atoms with Gasteiger partial charge in [0.1, 0.15) is 23.2 Å². The first-order valence-corrected chi connectivity index (χ1v) is 9.29. The zero-order chi connectivity index (χ0) is 20.9. The molecule has 7 nitrogen and oxygen atoms in total. The molecule has 2 heterocycles. The lowest BCUT2D eigenvalue weighted by Gasteiger charge is -2.17. The van der Waals surface area contributed by atoms with Crippen LogP contribution in [0.15, 0.2) is 30.3 Å². The first-order valence-electron chi connectivity index (χ1n) is 9.29. The maximum absolute atomic E-state index is 12.3. The second-order valence-corrected chi connectivity index (χ2v) is 6.61. The minimum Gasteiger partial charge on any atom is -0.406 e. The fraction of sp³-hybridized carbons (Fsp3) is 0.421. The van der Waals surface area contributed by atoms with Crippen LogP contribution in [0.2, 0.25) is 0 Å². The number of ether oxygens (including phenoxy) is 1. The Hall–Kier alpha value is -3.04. The van der Waals surface area contributed by atoms with Crippen LogP contribution in [0.1, 0.15) is 29.0 Å². The minimum absolute atomic E-state index is 0.0842. The SMILES string of the molecule is Cc1nc(NCCNC(=O)c2cccc(OC(F)(F)F)c2)cc(N2CCCC2)n1. The molecule has 1 aliphatic rings. The molecule has 0 bridgehead atoms. The molecule has 1 aliphatic heterocycles. The van der Waals surface area contributed by atoms with E-state index >= 15 is 0 Å². The van der Waals surface area contributed by atoms with Crippen molar-refractivity contribution >= 4 is 17.5 Å². The average Bonchev–Trinajstić information content (AvgIpc) is 3.18. The number of hydrogen-bond donors (Lipinski definition) is 2. The van der Waals surface area contributed by atoms with Crippen molar-refractivity contribution in [2.24, 2.45) is 0 Å². The number of halogens is 3. The third-order valence-electron chi connectivity index (χ3n) is 4.30. The summed E-state index contributed by atoms with van der Waals surface area (Å²) in [4.78, 5) is 23.2. The maximum atomic E-state index is 12.3.